The monoisotopic (exact) mass is 340 g/mol. The Kier molecular flexibility index (Phi) is 4.56. The normalized spacial score (nSPS) is 15.0. The zero-order chi connectivity index (χ0) is 17.8. The summed E-state index contributed by atoms with van der Waals surface area (Å²) in [6.45, 7) is -0.553. The van der Waals surface area contributed by atoms with Crippen molar-refractivity contribution in [2.45, 2.75) is 0 Å². The van der Waals surface area contributed by atoms with Gasteiger partial charge in [0.05, 0.1) is 11.5 Å². The van der Waals surface area contributed by atoms with Gasteiger partial charge in [0.1, 0.15) is 18.2 Å². The number of carbonyl (C=O) groups excluding carboxylic acids is 2. The van der Waals surface area contributed by atoms with Crippen LogP contribution in [0.2, 0.25) is 0 Å². The quantitative estimate of drug-likeness (QED) is 0.605. The highest BCUT2D eigenvalue weighted by atomic mass is 19.1. The summed E-state index contributed by atoms with van der Waals surface area (Å²) < 4.78 is 23.7. The van der Waals surface area contributed by atoms with E-state index in [0.29, 0.717) is 11.3 Å². The summed E-state index contributed by atoms with van der Waals surface area (Å²) in [5, 5.41) is 10.3. The number of carboxylic acids is 1. The lowest BCUT2D eigenvalue weighted by Gasteiger charge is -2.06. The number of carbonyl (C=O) groups is 2. The molecule has 0 aromatic heterocycles. The van der Waals surface area contributed by atoms with Gasteiger partial charge in [0, 0.05) is 0 Å². The first-order valence-corrected chi connectivity index (χ1v) is 7.23. The number of rotatable bonds is 5. The Bertz CT molecular complexity index is 887. The van der Waals surface area contributed by atoms with E-state index in [4.69, 9.17) is 9.47 Å². The molecular formula is C18H11FNO5-. The second-order valence-electron chi connectivity index (χ2n) is 5.05. The van der Waals surface area contributed by atoms with Crippen molar-refractivity contribution in [3.63, 3.8) is 0 Å². The lowest BCUT2D eigenvalue weighted by Crippen LogP contribution is -2.28. The van der Waals surface area contributed by atoms with Gasteiger partial charge in [-0.2, -0.15) is 0 Å². The van der Waals surface area contributed by atoms with Crippen molar-refractivity contribution < 1.29 is 28.6 Å². The van der Waals surface area contributed by atoms with Crippen molar-refractivity contribution in [1.82, 2.24) is 0 Å². The molecule has 0 unspecified atom stereocenters. The van der Waals surface area contributed by atoms with Crippen LogP contribution >= 0.6 is 0 Å². The highest BCUT2D eigenvalue weighted by molar-refractivity contribution is 6.12. The fraction of sp³-hybridized carbons (Fsp3) is 0.0556. The third-order valence-corrected chi connectivity index (χ3v) is 3.26. The van der Waals surface area contributed by atoms with E-state index in [1.54, 1.807) is 18.2 Å². The Morgan fingerprint density at radius 1 is 1.20 bits per heavy atom. The highest BCUT2D eigenvalue weighted by Gasteiger charge is 2.25. The maximum atomic E-state index is 13.7. The van der Waals surface area contributed by atoms with Crippen LogP contribution in [0.1, 0.15) is 11.1 Å². The lowest BCUT2D eigenvalue weighted by atomic mass is 10.2. The van der Waals surface area contributed by atoms with Crippen LogP contribution in [0.5, 0.6) is 5.75 Å². The highest BCUT2D eigenvalue weighted by Crippen LogP contribution is 2.21. The van der Waals surface area contributed by atoms with Gasteiger partial charge in [-0.15, -0.1) is 0 Å². The largest absolute Gasteiger partial charge is 0.546 e. The molecule has 0 N–H and O–H groups in total. The maximum Gasteiger partial charge on any atom is 0.363 e. The first-order chi connectivity index (χ1) is 12.0. The van der Waals surface area contributed by atoms with Gasteiger partial charge >= 0.3 is 5.97 Å². The summed E-state index contributed by atoms with van der Waals surface area (Å²) >= 11 is 0. The number of carboxylic acid groups (broad SMARTS) is 1. The van der Waals surface area contributed by atoms with Gasteiger partial charge in [-0.25, -0.2) is 14.2 Å². The summed E-state index contributed by atoms with van der Waals surface area (Å²) in [5.41, 5.74) is 0.748. The van der Waals surface area contributed by atoms with Crippen molar-refractivity contribution in [3.8, 4) is 5.75 Å². The van der Waals surface area contributed by atoms with Crippen molar-refractivity contribution >= 4 is 23.9 Å². The van der Waals surface area contributed by atoms with E-state index < -0.39 is 24.4 Å². The van der Waals surface area contributed by atoms with Gasteiger partial charge in [-0.1, -0.05) is 24.3 Å². The lowest BCUT2D eigenvalue weighted by molar-refractivity contribution is -0.307. The summed E-state index contributed by atoms with van der Waals surface area (Å²) in [7, 11) is 0. The molecule has 126 valence electrons. The SMILES string of the molecule is O=C([O-])COc1ccc(/C=C2\N=C(c3ccccc3F)OC2=O)cc1. The van der Waals surface area contributed by atoms with E-state index in [1.165, 1.54) is 36.4 Å². The Morgan fingerprint density at radius 2 is 1.92 bits per heavy atom. The van der Waals surface area contributed by atoms with E-state index >= 15 is 0 Å². The smallest absolute Gasteiger partial charge is 0.363 e. The molecule has 1 aliphatic heterocycles. The van der Waals surface area contributed by atoms with Crippen LogP contribution in [0.15, 0.2) is 59.2 Å². The van der Waals surface area contributed by atoms with Gasteiger partial charge < -0.3 is 19.4 Å². The molecule has 0 aliphatic carbocycles. The molecule has 0 amide bonds. The number of nitrogens with zero attached hydrogens (tertiary/aromatic N) is 1. The zero-order valence-corrected chi connectivity index (χ0v) is 12.8. The predicted octanol–water partition coefficient (Wildman–Crippen LogP) is 1.30. The molecule has 2 aromatic carbocycles. The molecule has 25 heavy (non-hydrogen) atoms. The van der Waals surface area contributed by atoms with Gasteiger partial charge in [-0.05, 0) is 35.9 Å². The summed E-state index contributed by atoms with van der Waals surface area (Å²) in [6, 6.07) is 12.2. The minimum atomic E-state index is -1.32. The third kappa shape index (κ3) is 3.89. The Labute approximate surface area is 141 Å². The van der Waals surface area contributed by atoms with Crippen molar-refractivity contribution in [1.29, 1.82) is 0 Å². The summed E-state index contributed by atoms with van der Waals surface area (Å²) in [4.78, 5) is 26.3. The molecular weight excluding hydrogens is 329 g/mol. The molecule has 6 nitrogen and oxygen atoms in total. The topological polar surface area (TPSA) is 88.0 Å². The van der Waals surface area contributed by atoms with Gasteiger partial charge in [0.2, 0.25) is 5.90 Å². The predicted molar refractivity (Wildman–Crippen MR) is 84.0 cm³/mol. The van der Waals surface area contributed by atoms with E-state index in [2.05, 4.69) is 4.99 Å². The second kappa shape index (κ2) is 6.96. The Balaban J connectivity index is 1.80. The van der Waals surface area contributed by atoms with Crippen LogP contribution in [0.4, 0.5) is 4.39 Å². The van der Waals surface area contributed by atoms with Crippen LogP contribution in [-0.4, -0.2) is 24.4 Å². The van der Waals surface area contributed by atoms with Crippen molar-refractivity contribution in [2.75, 3.05) is 6.61 Å². The first kappa shape index (κ1) is 16.4. The molecule has 0 fully saturated rings. The summed E-state index contributed by atoms with van der Waals surface area (Å²) in [6.07, 6.45) is 1.47. The molecule has 0 atom stereocenters. The van der Waals surface area contributed by atoms with E-state index in [1.807, 2.05) is 0 Å². The minimum Gasteiger partial charge on any atom is -0.546 e. The number of hydrogen-bond acceptors (Lipinski definition) is 6. The molecule has 0 saturated carbocycles. The average molecular weight is 340 g/mol. The van der Waals surface area contributed by atoms with E-state index in [-0.39, 0.29) is 17.2 Å². The number of hydrogen-bond donors (Lipinski definition) is 0. The molecule has 0 radical (unpaired) electrons. The molecule has 0 saturated heterocycles. The second-order valence-corrected chi connectivity index (χ2v) is 5.05. The van der Waals surface area contributed by atoms with Crippen LogP contribution in [-0.2, 0) is 14.3 Å². The Hall–Kier alpha value is -3.48. The molecule has 2 aromatic rings. The van der Waals surface area contributed by atoms with Crippen molar-refractivity contribution in [3.05, 3.63) is 71.2 Å². The number of halogens is 1. The molecule has 7 heteroatoms. The van der Waals surface area contributed by atoms with Crippen LogP contribution in [0.25, 0.3) is 6.08 Å². The fourth-order valence-corrected chi connectivity index (χ4v) is 2.12. The van der Waals surface area contributed by atoms with Gasteiger partial charge in [-0.3, -0.25) is 0 Å². The van der Waals surface area contributed by atoms with Gasteiger partial charge in [0.25, 0.3) is 0 Å². The molecule has 1 aliphatic rings. The third-order valence-electron chi connectivity index (χ3n) is 3.26. The van der Waals surface area contributed by atoms with Crippen molar-refractivity contribution in [2.24, 2.45) is 4.99 Å². The molecule has 1 heterocycles. The van der Waals surface area contributed by atoms with E-state index in [0.717, 1.165) is 0 Å². The number of esters is 1. The molecule has 0 bridgehead atoms. The van der Waals surface area contributed by atoms with Gasteiger partial charge in [0.15, 0.2) is 5.70 Å². The molecule has 3 rings (SSSR count). The number of aliphatic carboxylic acids is 1. The summed E-state index contributed by atoms with van der Waals surface area (Å²) in [5.74, 6) is -2.30. The number of ether oxygens (including phenoxy) is 2. The molecule has 0 spiro atoms. The zero-order valence-electron chi connectivity index (χ0n) is 12.8. The fourth-order valence-electron chi connectivity index (χ4n) is 2.12. The van der Waals surface area contributed by atoms with Crippen LogP contribution in [0.3, 0.4) is 0 Å². The maximum absolute atomic E-state index is 13.7. The standard InChI is InChI=1S/C18H12FNO5/c19-14-4-2-1-3-13(14)17-20-15(18(23)25-17)9-11-5-7-12(8-6-11)24-10-16(21)22/h1-9H,10H2,(H,21,22)/p-1/b15-9-. The number of benzene rings is 2. The number of cyclic esters (lactones) is 1. The minimum absolute atomic E-state index is 0.0293. The average Bonchev–Trinajstić information content (AvgIpc) is 2.95. The first-order valence-electron chi connectivity index (χ1n) is 7.23. The number of aliphatic imine (C=N–C) groups is 1. The Morgan fingerprint density at radius 3 is 2.60 bits per heavy atom. The van der Waals surface area contributed by atoms with E-state index in [9.17, 15) is 19.1 Å². The van der Waals surface area contributed by atoms with Crippen LogP contribution in [0, 0.1) is 5.82 Å². The van der Waals surface area contributed by atoms with Crippen LogP contribution < -0.4 is 9.84 Å².